The third-order valence-electron chi connectivity index (χ3n) is 3.97. The van der Waals surface area contributed by atoms with E-state index in [-0.39, 0.29) is 17.9 Å². The first-order valence-corrected chi connectivity index (χ1v) is 8.43. The van der Waals surface area contributed by atoms with Crippen molar-refractivity contribution in [2.45, 2.75) is 19.2 Å². The summed E-state index contributed by atoms with van der Waals surface area (Å²) in [6.45, 7) is 0.561. The molecule has 0 saturated heterocycles. The van der Waals surface area contributed by atoms with Gasteiger partial charge in [0.25, 0.3) is 5.91 Å². The zero-order valence-electron chi connectivity index (χ0n) is 14.6. The topological polar surface area (TPSA) is 50.7 Å². The Balaban J connectivity index is 1.85. The van der Waals surface area contributed by atoms with E-state index in [4.69, 9.17) is 4.74 Å². The number of nitrogens with zero attached hydrogens (tertiary/aromatic N) is 1. The lowest BCUT2D eigenvalue weighted by Gasteiger charge is -2.15. The first-order chi connectivity index (χ1) is 13.3. The predicted octanol–water partition coefficient (Wildman–Crippen LogP) is 4.51. The van der Waals surface area contributed by atoms with E-state index >= 15 is 0 Å². The number of aliphatic imine (C=N–C) groups is 1. The van der Waals surface area contributed by atoms with Gasteiger partial charge in [-0.1, -0.05) is 18.2 Å². The Kier molecular flexibility index (Phi) is 5.77. The Hall–Kier alpha value is -3.16. The molecule has 1 amide bonds. The normalized spacial score (nSPS) is 13.8. The lowest BCUT2D eigenvalue weighted by molar-refractivity contribution is -0.137. The molecule has 1 aliphatic heterocycles. The van der Waals surface area contributed by atoms with Gasteiger partial charge in [0.1, 0.15) is 18.2 Å². The fourth-order valence-electron chi connectivity index (χ4n) is 2.54. The summed E-state index contributed by atoms with van der Waals surface area (Å²) in [4.78, 5) is 16.6. The summed E-state index contributed by atoms with van der Waals surface area (Å²) in [5.41, 5.74) is -0.192. The molecule has 0 radical (unpaired) electrons. The molecule has 8 heteroatoms. The Morgan fingerprint density at radius 2 is 1.89 bits per heavy atom. The number of hydrogen-bond acceptors (Lipinski definition) is 3. The van der Waals surface area contributed by atoms with Gasteiger partial charge in [-0.05, 0) is 42.3 Å². The van der Waals surface area contributed by atoms with Crippen LogP contribution in [0.25, 0.3) is 0 Å². The van der Waals surface area contributed by atoms with E-state index in [9.17, 15) is 22.4 Å². The van der Waals surface area contributed by atoms with Crippen LogP contribution in [0.2, 0.25) is 0 Å². The number of carbonyl (C=O) groups excluding carboxylic acids is 1. The molecule has 0 aromatic heterocycles. The molecule has 0 fully saturated rings. The van der Waals surface area contributed by atoms with Gasteiger partial charge in [0.2, 0.25) is 0 Å². The summed E-state index contributed by atoms with van der Waals surface area (Å²) in [7, 11) is 0. The number of amides is 1. The van der Waals surface area contributed by atoms with Crippen LogP contribution in [0.15, 0.2) is 59.2 Å². The molecule has 4 nitrogen and oxygen atoms in total. The summed E-state index contributed by atoms with van der Waals surface area (Å²) in [5.74, 6) is -1.16. The molecule has 28 heavy (non-hydrogen) atoms. The number of alkyl halides is 3. The van der Waals surface area contributed by atoms with Gasteiger partial charge in [-0.15, -0.1) is 0 Å². The van der Waals surface area contributed by atoms with Gasteiger partial charge in [0, 0.05) is 12.8 Å². The lowest BCUT2D eigenvalue weighted by Crippen LogP contribution is -2.25. The minimum Gasteiger partial charge on any atom is -0.488 e. The number of carbonyl (C=O) groups is 1. The average Bonchev–Trinajstić information content (AvgIpc) is 2.67. The van der Waals surface area contributed by atoms with Crippen LogP contribution < -0.4 is 10.1 Å². The van der Waals surface area contributed by atoms with Crippen molar-refractivity contribution in [2.75, 3.05) is 6.54 Å². The molecular weight excluding hydrogens is 376 g/mol. The molecule has 3 rings (SSSR count). The summed E-state index contributed by atoms with van der Waals surface area (Å²) in [6.07, 6.45) is -0.787. The third-order valence-corrected chi connectivity index (χ3v) is 3.97. The highest BCUT2D eigenvalue weighted by Crippen LogP contribution is 2.33. The van der Waals surface area contributed by atoms with Gasteiger partial charge < -0.3 is 10.1 Å². The van der Waals surface area contributed by atoms with E-state index in [1.165, 1.54) is 30.5 Å². The highest BCUT2D eigenvalue weighted by Gasteiger charge is 2.32. The van der Waals surface area contributed by atoms with Crippen LogP contribution in [0, 0.1) is 5.82 Å². The van der Waals surface area contributed by atoms with Crippen molar-refractivity contribution in [3.8, 4) is 5.75 Å². The van der Waals surface area contributed by atoms with Crippen molar-refractivity contribution in [1.82, 2.24) is 5.32 Å². The first-order valence-electron chi connectivity index (χ1n) is 8.43. The maximum atomic E-state index is 13.1. The molecule has 2 aromatic carbocycles. The summed E-state index contributed by atoms with van der Waals surface area (Å²) < 4.78 is 57.7. The Bertz CT molecular complexity index is 919. The Morgan fingerprint density at radius 1 is 1.14 bits per heavy atom. The van der Waals surface area contributed by atoms with E-state index in [0.717, 1.165) is 18.2 Å². The fourth-order valence-corrected chi connectivity index (χ4v) is 2.54. The summed E-state index contributed by atoms with van der Waals surface area (Å²) >= 11 is 0. The largest absolute Gasteiger partial charge is 0.488 e. The van der Waals surface area contributed by atoms with Crippen molar-refractivity contribution in [1.29, 1.82) is 0 Å². The summed E-state index contributed by atoms with van der Waals surface area (Å²) in [5, 5.41) is 2.54. The monoisotopic (exact) mass is 392 g/mol. The van der Waals surface area contributed by atoms with Crippen LogP contribution in [-0.4, -0.2) is 18.7 Å². The maximum Gasteiger partial charge on any atom is 0.416 e. The third kappa shape index (κ3) is 4.97. The van der Waals surface area contributed by atoms with E-state index in [2.05, 4.69) is 10.3 Å². The van der Waals surface area contributed by atoms with Gasteiger partial charge in [-0.25, -0.2) is 4.39 Å². The van der Waals surface area contributed by atoms with Gasteiger partial charge in [-0.3, -0.25) is 9.79 Å². The fraction of sp³-hybridized carbons (Fsp3) is 0.200. The Labute approximate surface area is 158 Å². The van der Waals surface area contributed by atoms with Gasteiger partial charge in [0.05, 0.1) is 16.8 Å². The average molecular weight is 392 g/mol. The molecule has 0 spiro atoms. The molecule has 0 atom stereocenters. The standard InChI is InChI=1S/C20H16F4N2O2/c21-15-6-3-13(4-7-15)12-28-18-8-5-14(20(22,23)24)10-17(18)19(27)26-16-2-1-9-25-11-16/h2-8,10-11H,1,9,12H2,(H,26,27). The predicted molar refractivity (Wildman–Crippen MR) is 95.7 cm³/mol. The number of halogens is 4. The van der Waals surface area contributed by atoms with Gasteiger partial charge in [-0.2, -0.15) is 13.2 Å². The van der Waals surface area contributed by atoms with Crippen LogP contribution in [0.3, 0.4) is 0 Å². The molecule has 0 saturated carbocycles. The zero-order valence-corrected chi connectivity index (χ0v) is 14.6. The molecule has 146 valence electrons. The van der Waals surface area contributed by atoms with E-state index in [1.54, 1.807) is 6.08 Å². The van der Waals surface area contributed by atoms with E-state index in [0.29, 0.717) is 24.2 Å². The molecule has 0 aliphatic carbocycles. The van der Waals surface area contributed by atoms with Crippen LogP contribution in [-0.2, 0) is 12.8 Å². The zero-order chi connectivity index (χ0) is 20.1. The Morgan fingerprint density at radius 3 is 2.54 bits per heavy atom. The van der Waals surface area contributed by atoms with Crippen LogP contribution in [0.5, 0.6) is 5.75 Å². The van der Waals surface area contributed by atoms with Crippen molar-refractivity contribution in [2.24, 2.45) is 4.99 Å². The quantitative estimate of drug-likeness (QED) is 0.761. The molecule has 0 bridgehead atoms. The SMILES string of the molecule is O=C(NC1=CCCN=C1)c1cc(C(F)(F)F)ccc1OCc1ccc(F)cc1. The summed E-state index contributed by atoms with van der Waals surface area (Å²) in [6, 6.07) is 8.16. The molecule has 2 aromatic rings. The van der Waals surface area contributed by atoms with Crippen molar-refractivity contribution >= 4 is 12.1 Å². The number of rotatable bonds is 5. The number of nitrogens with one attached hydrogen (secondary N) is 1. The molecule has 1 heterocycles. The first kappa shape index (κ1) is 19.6. The highest BCUT2D eigenvalue weighted by atomic mass is 19.4. The van der Waals surface area contributed by atoms with Crippen LogP contribution in [0.1, 0.15) is 27.9 Å². The number of allylic oxidation sites excluding steroid dienone is 1. The lowest BCUT2D eigenvalue weighted by atomic mass is 10.1. The number of hydrogen-bond donors (Lipinski definition) is 1. The molecule has 0 unspecified atom stereocenters. The highest BCUT2D eigenvalue weighted by molar-refractivity contribution is 6.01. The second-order valence-corrected chi connectivity index (χ2v) is 6.06. The number of benzene rings is 2. The number of dihydropyridines is 1. The van der Waals surface area contributed by atoms with E-state index < -0.39 is 23.5 Å². The minimum absolute atomic E-state index is 0.0110. The minimum atomic E-state index is -4.60. The second-order valence-electron chi connectivity index (χ2n) is 6.06. The van der Waals surface area contributed by atoms with E-state index in [1.807, 2.05) is 0 Å². The maximum absolute atomic E-state index is 13.1. The molecular formula is C20H16F4N2O2. The van der Waals surface area contributed by atoms with Crippen molar-refractivity contribution in [3.63, 3.8) is 0 Å². The number of ether oxygens (including phenoxy) is 1. The van der Waals surface area contributed by atoms with Crippen molar-refractivity contribution < 1.29 is 27.1 Å². The smallest absolute Gasteiger partial charge is 0.416 e. The molecule has 1 aliphatic rings. The van der Waals surface area contributed by atoms with Gasteiger partial charge in [0.15, 0.2) is 0 Å². The molecule has 1 N–H and O–H groups in total. The van der Waals surface area contributed by atoms with Gasteiger partial charge >= 0.3 is 6.18 Å². The second kappa shape index (κ2) is 8.24. The van der Waals surface area contributed by atoms with Crippen LogP contribution >= 0.6 is 0 Å². The van der Waals surface area contributed by atoms with Crippen molar-refractivity contribution in [3.05, 3.63) is 76.7 Å². The van der Waals surface area contributed by atoms with Crippen LogP contribution in [0.4, 0.5) is 17.6 Å².